The van der Waals surface area contributed by atoms with Crippen LogP contribution in [0.5, 0.6) is 5.75 Å². The summed E-state index contributed by atoms with van der Waals surface area (Å²) in [4.78, 5) is 0. The Morgan fingerprint density at radius 1 is 1.11 bits per heavy atom. The Balaban J connectivity index is 1.85. The number of fused-ring (bicyclic) bond motifs is 1. The van der Waals surface area contributed by atoms with Crippen molar-refractivity contribution in [2.75, 3.05) is 0 Å². The molecule has 0 unspecified atom stereocenters. The Labute approximate surface area is 107 Å². The largest absolute Gasteiger partial charge is 0.485 e. The van der Waals surface area contributed by atoms with Gasteiger partial charge in [0.05, 0.1) is 6.61 Å². The number of aryl methyl sites for hydroxylation is 1. The molecule has 1 aliphatic heterocycles. The van der Waals surface area contributed by atoms with Crippen molar-refractivity contribution < 1.29 is 9.84 Å². The molecule has 1 aliphatic rings. The van der Waals surface area contributed by atoms with E-state index in [1.165, 1.54) is 11.1 Å². The molecular weight excluding hydrogens is 224 g/mol. The van der Waals surface area contributed by atoms with E-state index in [1.54, 1.807) is 0 Å². The third-order valence-electron chi connectivity index (χ3n) is 3.42. The van der Waals surface area contributed by atoms with E-state index in [1.807, 2.05) is 36.4 Å². The molecule has 0 fully saturated rings. The molecule has 2 nitrogen and oxygen atoms in total. The predicted molar refractivity (Wildman–Crippen MR) is 70.5 cm³/mol. The highest BCUT2D eigenvalue weighted by Gasteiger charge is 2.21. The molecule has 0 amide bonds. The maximum atomic E-state index is 9.13. The SMILES string of the molecule is OCc1ccc2c(c1)CC[C@@H](c1ccccc1)O2. The predicted octanol–water partition coefficient (Wildman–Crippen LogP) is 3.25. The van der Waals surface area contributed by atoms with Crippen LogP contribution in [0.15, 0.2) is 48.5 Å². The van der Waals surface area contributed by atoms with Gasteiger partial charge < -0.3 is 9.84 Å². The van der Waals surface area contributed by atoms with Crippen LogP contribution >= 0.6 is 0 Å². The van der Waals surface area contributed by atoms with Crippen LogP contribution in [-0.4, -0.2) is 5.11 Å². The van der Waals surface area contributed by atoms with Gasteiger partial charge in [-0.25, -0.2) is 0 Å². The number of rotatable bonds is 2. The molecule has 0 aliphatic carbocycles. The summed E-state index contributed by atoms with van der Waals surface area (Å²) in [7, 11) is 0. The van der Waals surface area contributed by atoms with Crippen molar-refractivity contribution in [1.82, 2.24) is 0 Å². The van der Waals surface area contributed by atoms with Crippen LogP contribution < -0.4 is 4.74 Å². The first-order valence-corrected chi connectivity index (χ1v) is 6.31. The van der Waals surface area contributed by atoms with Gasteiger partial charge in [-0.3, -0.25) is 0 Å². The quantitative estimate of drug-likeness (QED) is 0.873. The molecule has 0 saturated heterocycles. The summed E-state index contributed by atoms with van der Waals surface area (Å²) in [6.45, 7) is 0.0927. The van der Waals surface area contributed by atoms with Gasteiger partial charge in [0.2, 0.25) is 0 Å². The van der Waals surface area contributed by atoms with Gasteiger partial charge in [-0.2, -0.15) is 0 Å². The van der Waals surface area contributed by atoms with Gasteiger partial charge in [0.15, 0.2) is 0 Å². The molecule has 0 radical (unpaired) electrons. The van der Waals surface area contributed by atoms with Crippen molar-refractivity contribution in [3.8, 4) is 5.75 Å². The summed E-state index contributed by atoms with van der Waals surface area (Å²) in [6, 6.07) is 16.3. The van der Waals surface area contributed by atoms with Gasteiger partial charge in [-0.1, -0.05) is 36.4 Å². The monoisotopic (exact) mass is 240 g/mol. The third-order valence-corrected chi connectivity index (χ3v) is 3.42. The Bertz CT molecular complexity index is 534. The number of benzene rings is 2. The van der Waals surface area contributed by atoms with Gasteiger partial charge in [0, 0.05) is 0 Å². The van der Waals surface area contributed by atoms with E-state index in [4.69, 9.17) is 9.84 Å². The molecule has 18 heavy (non-hydrogen) atoms. The van der Waals surface area contributed by atoms with Crippen molar-refractivity contribution in [2.24, 2.45) is 0 Å². The first kappa shape index (κ1) is 11.3. The molecule has 1 atom stereocenters. The highest BCUT2D eigenvalue weighted by atomic mass is 16.5. The van der Waals surface area contributed by atoms with Crippen LogP contribution in [0.2, 0.25) is 0 Å². The molecule has 2 heteroatoms. The molecule has 92 valence electrons. The van der Waals surface area contributed by atoms with Crippen LogP contribution in [0.1, 0.15) is 29.2 Å². The summed E-state index contributed by atoms with van der Waals surface area (Å²) in [6.07, 6.45) is 2.15. The molecule has 3 rings (SSSR count). The van der Waals surface area contributed by atoms with E-state index >= 15 is 0 Å². The minimum Gasteiger partial charge on any atom is -0.485 e. The lowest BCUT2D eigenvalue weighted by Gasteiger charge is -2.26. The number of aliphatic hydroxyl groups excluding tert-OH is 1. The standard InChI is InChI=1S/C16H16O2/c17-11-12-6-8-16-14(10-12)7-9-15(18-16)13-4-2-1-3-5-13/h1-6,8,10,15,17H,7,9,11H2/t15-/m0/s1. The zero-order valence-corrected chi connectivity index (χ0v) is 10.2. The lowest BCUT2D eigenvalue weighted by Crippen LogP contribution is -2.15. The first-order valence-electron chi connectivity index (χ1n) is 6.31. The van der Waals surface area contributed by atoms with Gasteiger partial charge in [0.25, 0.3) is 0 Å². The highest BCUT2D eigenvalue weighted by Crippen LogP contribution is 2.35. The average molecular weight is 240 g/mol. The normalized spacial score (nSPS) is 17.9. The lowest BCUT2D eigenvalue weighted by molar-refractivity contribution is 0.176. The zero-order chi connectivity index (χ0) is 12.4. The van der Waals surface area contributed by atoms with E-state index in [0.29, 0.717) is 0 Å². The summed E-state index contributed by atoms with van der Waals surface area (Å²) in [5.74, 6) is 0.951. The molecule has 0 bridgehead atoms. The van der Waals surface area contributed by atoms with Crippen molar-refractivity contribution >= 4 is 0 Å². The minimum absolute atomic E-state index is 0.0927. The summed E-state index contributed by atoms with van der Waals surface area (Å²) in [5.41, 5.74) is 3.39. The number of hydrogen-bond acceptors (Lipinski definition) is 2. The van der Waals surface area contributed by atoms with Crippen LogP contribution in [0.4, 0.5) is 0 Å². The number of ether oxygens (including phenoxy) is 1. The maximum absolute atomic E-state index is 9.13. The Kier molecular flexibility index (Phi) is 3.03. The van der Waals surface area contributed by atoms with E-state index in [2.05, 4.69) is 12.1 Å². The third kappa shape index (κ3) is 2.12. The Hall–Kier alpha value is -1.80. The fourth-order valence-electron chi connectivity index (χ4n) is 2.44. The summed E-state index contributed by atoms with van der Waals surface area (Å²) in [5, 5.41) is 9.13. The van der Waals surface area contributed by atoms with Crippen LogP contribution in [0.3, 0.4) is 0 Å². The molecule has 0 saturated carbocycles. The second-order valence-electron chi connectivity index (χ2n) is 4.66. The number of hydrogen-bond donors (Lipinski definition) is 1. The summed E-state index contributed by atoms with van der Waals surface area (Å²) >= 11 is 0. The smallest absolute Gasteiger partial charge is 0.124 e. The Morgan fingerprint density at radius 2 is 1.94 bits per heavy atom. The van der Waals surface area contributed by atoms with Crippen LogP contribution in [-0.2, 0) is 13.0 Å². The summed E-state index contributed by atoms with van der Waals surface area (Å²) < 4.78 is 6.04. The molecular formula is C16H16O2. The molecule has 2 aromatic carbocycles. The highest BCUT2D eigenvalue weighted by molar-refractivity contribution is 5.39. The lowest BCUT2D eigenvalue weighted by atomic mass is 9.96. The average Bonchev–Trinajstić information content (AvgIpc) is 2.47. The maximum Gasteiger partial charge on any atom is 0.124 e. The zero-order valence-electron chi connectivity index (χ0n) is 10.2. The van der Waals surface area contributed by atoms with Gasteiger partial charge in [-0.05, 0) is 41.7 Å². The first-order chi connectivity index (χ1) is 8.86. The molecule has 0 spiro atoms. The second kappa shape index (κ2) is 4.83. The van der Waals surface area contributed by atoms with E-state index in [0.717, 1.165) is 24.2 Å². The second-order valence-corrected chi connectivity index (χ2v) is 4.66. The van der Waals surface area contributed by atoms with Gasteiger partial charge in [-0.15, -0.1) is 0 Å². The van der Waals surface area contributed by atoms with Crippen LogP contribution in [0.25, 0.3) is 0 Å². The van der Waals surface area contributed by atoms with Gasteiger partial charge >= 0.3 is 0 Å². The minimum atomic E-state index is 0.0927. The molecule has 1 N–H and O–H groups in total. The van der Waals surface area contributed by atoms with Crippen molar-refractivity contribution in [2.45, 2.75) is 25.6 Å². The topological polar surface area (TPSA) is 29.5 Å². The molecule has 0 aromatic heterocycles. The number of aliphatic hydroxyl groups is 1. The van der Waals surface area contributed by atoms with E-state index in [9.17, 15) is 0 Å². The van der Waals surface area contributed by atoms with E-state index in [-0.39, 0.29) is 12.7 Å². The van der Waals surface area contributed by atoms with Crippen molar-refractivity contribution in [3.05, 3.63) is 65.2 Å². The molecule has 2 aromatic rings. The fraction of sp³-hybridized carbons (Fsp3) is 0.250. The van der Waals surface area contributed by atoms with E-state index < -0.39 is 0 Å². The Morgan fingerprint density at radius 3 is 2.72 bits per heavy atom. The molecule has 1 heterocycles. The van der Waals surface area contributed by atoms with Crippen molar-refractivity contribution in [3.63, 3.8) is 0 Å². The van der Waals surface area contributed by atoms with Crippen LogP contribution in [0, 0.1) is 0 Å². The van der Waals surface area contributed by atoms with Gasteiger partial charge in [0.1, 0.15) is 11.9 Å². The van der Waals surface area contributed by atoms with Crippen molar-refractivity contribution in [1.29, 1.82) is 0 Å². The fourth-order valence-corrected chi connectivity index (χ4v) is 2.44.